The van der Waals surface area contributed by atoms with Crippen molar-refractivity contribution < 1.29 is 0 Å². The smallest absolute Gasteiger partial charge is 0.181 e. The quantitative estimate of drug-likeness (QED) is 0.589. The molecular formula is C17H14N6O. The highest BCUT2D eigenvalue weighted by molar-refractivity contribution is 5.81. The Balaban J connectivity index is 1.85. The highest BCUT2D eigenvalue weighted by Gasteiger charge is 2.13. The largest absolute Gasteiger partial charge is 0.382 e. The molecule has 4 aromatic rings. The Bertz CT molecular complexity index is 1090. The number of anilines is 1. The number of fused-ring (bicyclic) bond motifs is 1. The van der Waals surface area contributed by atoms with Gasteiger partial charge in [-0.1, -0.05) is 6.07 Å². The number of rotatable bonds is 2. The van der Waals surface area contributed by atoms with Crippen molar-refractivity contribution in [3.8, 4) is 17.3 Å². The maximum absolute atomic E-state index is 11.2. The molecule has 4 rings (SSSR count). The van der Waals surface area contributed by atoms with Crippen molar-refractivity contribution in [2.75, 3.05) is 5.73 Å². The van der Waals surface area contributed by atoms with Crippen LogP contribution in [0.1, 0.15) is 5.56 Å². The fraction of sp³-hybridized carbons (Fsp3) is 0.0588. The lowest BCUT2D eigenvalue weighted by Crippen LogP contribution is -2.06. The minimum absolute atomic E-state index is 0.0671. The fourth-order valence-corrected chi connectivity index (χ4v) is 2.49. The predicted molar refractivity (Wildman–Crippen MR) is 91.9 cm³/mol. The predicted octanol–water partition coefficient (Wildman–Crippen LogP) is 2.06. The number of pyridine rings is 1. The lowest BCUT2D eigenvalue weighted by Gasteiger charge is -2.07. The van der Waals surface area contributed by atoms with Gasteiger partial charge in [0.1, 0.15) is 0 Å². The van der Waals surface area contributed by atoms with E-state index in [4.69, 9.17) is 5.73 Å². The van der Waals surface area contributed by atoms with Gasteiger partial charge >= 0.3 is 0 Å². The molecule has 118 valence electrons. The molecule has 24 heavy (non-hydrogen) atoms. The van der Waals surface area contributed by atoms with Gasteiger partial charge in [-0.05, 0) is 24.6 Å². The summed E-state index contributed by atoms with van der Waals surface area (Å²) in [5, 5.41) is 0. The Labute approximate surface area is 136 Å². The van der Waals surface area contributed by atoms with E-state index >= 15 is 0 Å². The standard InChI is InChI=1S/C17H14N6O/c1-10-2-3-12-13(8-10)21-17(20-12)15-16(18)19-9-14(22-15)23-6-4-11(24)5-7-23/h2-9H,1H3,(H2,18,19)(H,20,21). The van der Waals surface area contributed by atoms with Crippen LogP contribution in [0.3, 0.4) is 0 Å². The summed E-state index contributed by atoms with van der Waals surface area (Å²) >= 11 is 0. The van der Waals surface area contributed by atoms with Crippen molar-refractivity contribution in [3.63, 3.8) is 0 Å². The van der Waals surface area contributed by atoms with Gasteiger partial charge in [0, 0.05) is 24.5 Å². The van der Waals surface area contributed by atoms with Gasteiger partial charge in [0.2, 0.25) is 0 Å². The Kier molecular flexibility index (Phi) is 3.13. The number of hydrogen-bond donors (Lipinski definition) is 2. The van der Waals surface area contributed by atoms with Crippen molar-refractivity contribution >= 4 is 16.9 Å². The SMILES string of the molecule is Cc1ccc2nc(-c3nc(-n4ccc(=O)cc4)cnc3N)[nH]c2c1. The summed E-state index contributed by atoms with van der Waals surface area (Å²) < 4.78 is 1.70. The number of benzene rings is 1. The van der Waals surface area contributed by atoms with Crippen LogP contribution in [0.15, 0.2) is 53.7 Å². The van der Waals surface area contributed by atoms with Crippen LogP contribution in [0.5, 0.6) is 0 Å². The Morgan fingerprint density at radius 2 is 1.92 bits per heavy atom. The maximum atomic E-state index is 11.2. The van der Waals surface area contributed by atoms with E-state index in [1.165, 1.54) is 12.1 Å². The van der Waals surface area contributed by atoms with Crippen LogP contribution < -0.4 is 11.2 Å². The van der Waals surface area contributed by atoms with Crippen LogP contribution in [0.2, 0.25) is 0 Å². The van der Waals surface area contributed by atoms with Crippen molar-refractivity contribution in [2.24, 2.45) is 0 Å². The molecule has 0 atom stereocenters. The molecular weight excluding hydrogens is 304 g/mol. The van der Waals surface area contributed by atoms with Crippen LogP contribution in [0.25, 0.3) is 28.4 Å². The number of nitrogen functional groups attached to an aromatic ring is 1. The van der Waals surface area contributed by atoms with Crippen molar-refractivity contribution in [3.05, 3.63) is 64.7 Å². The average Bonchev–Trinajstić information content (AvgIpc) is 2.99. The molecule has 0 aliphatic carbocycles. The Morgan fingerprint density at radius 3 is 2.71 bits per heavy atom. The van der Waals surface area contributed by atoms with Crippen molar-refractivity contribution in [2.45, 2.75) is 6.92 Å². The van der Waals surface area contributed by atoms with E-state index in [-0.39, 0.29) is 11.2 Å². The first-order chi connectivity index (χ1) is 11.6. The zero-order valence-electron chi connectivity index (χ0n) is 12.9. The first kappa shape index (κ1) is 14.1. The molecule has 0 unspecified atom stereocenters. The molecule has 7 nitrogen and oxygen atoms in total. The highest BCUT2D eigenvalue weighted by atomic mass is 16.1. The average molecular weight is 318 g/mol. The summed E-state index contributed by atoms with van der Waals surface area (Å²) in [6.07, 6.45) is 4.82. The van der Waals surface area contributed by atoms with E-state index in [0.717, 1.165) is 16.6 Å². The van der Waals surface area contributed by atoms with E-state index in [0.29, 0.717) is 17.3 Å². The van der Waals surface area contributed by atoms with Gasteiger partial charge in [0.15, 0.2) is 28.6 Å². The van der Waals surface area contributed by atoms with Gasteiger partial charge < -0.3 is 15.3 Å². The summed E-state index contributed by atoms with van der Waals surface area (Å²) in [6.45, 7) is 2.02. The first-order valence-corrected chi connectivity index (χ1v) is 7.38. The zero-order valence-corrected chi connectivity index (χ0v) is 12.9. The van der Waals surface area contributed by atoms with Crippen LogP contribution in [0.4, 0.5) is 5.82 Å². The topological polar surface area (TPSA) is 102 Å². The number of aromatic amines is 1. The van der Waals surface area contributed by atoms with Gasteiger partial charge in [0.05, 0.1) is 17.2 Å². The van der Waals surface area contributed by atoms with E-state index in [9.17, 15) is 4.79 Å². The summed E-state index contributed by atoms with van der Waals surface area (Å²) in [6, 6.07) is 8.88. The van der Waals surface area contributed by atoms with E-state index in [2.05, 4.69) is 19.9 Å². The molecule has 3 N–H and O–H groups in total. The number of imidazole rings is 1. The highest BCUT2D eigenvalue weighted by Crippen LogP contribution is 2.23. The number of aryl methyl sites for hydroxylation is 1. The van der Waals surface area contributed by atoms with E-state index < -0.39 is 0 Å². The van der Waals surface area contributed by atoms with Crippen LogP contribution in [-0.2, 0) is 0 Å². The van der Waals surface area contributed by atoms with Crippen molar-refractivity contribution in [1.82, 2.24) is 24.5 Å². The number of nitrogens with one attached hydrogen (secondary N) is 1. The van der Waals surface area contributed by atoms with Crippen LogP contribution in [0, 0.1) is 6.92 Å². The molecule has 0 aliphatic rings. The summed E-state index contributed by atoms with van der Waals surface area (Å²) in [4.78, 5) is 27.7. The normalized spacial score (nSPS) is 11.0. The zero-order chi connectivity index (χ0) is 16.7. The molecule has 3 heterocycles. The molecule has 0 aliphatic heterocycles. The van der Waals surface area contributed by atoms with Gasteiger partial charge in [0.25, 0.3) is 0 Å². The third kappa shape index (κ3) is 2.41. The van der Waals surface area contributed by atoms with Gasteiger partial charge in [-0.3, -0.25) is 4.79 Å². The van der Waals surface area contributed by atoms with Gasteiger partial charge in [-0.15, -0.1) is 0 Å². The monoisotopic (exact) mass is 318 g/mol. The molecule has 0 saturated carbocycles. The Morgan fingerprint density at radius 1 is 1.12 bits per heavy atom. The second-order valence-electron chi connectivity index (χ2n) is 5.51. The third-order valence-corrected chi connectivity index (χ3v) is 3.71. The van der Waals surface area contributed by atoms with Gasteiger partial charge in [-0.25, -0.2) is 15.0 Å². The lowest BCUT2D eigenvalue weighted by molar-refractivity contribution is 0.961. The number of aromatic nitrogens is 5. The molecule has 0 radical (unpaired) electrons. The Hall–Kier alpha value is -3.48. The summed E-state index contributed by atoms with van der Waals surface area (Å²) in [5.74, 6) is 1.40. The third-order valence-electron chi connectivity index (χ3n) is 3.71. The number of H-pyrrole nitrogens is 1. The molecule has 0 amide bonds. The minimum Gasteiger partial charge on any atom is -0.382 e. The van der Waals surface area contributed by atoms with Crippen LogP contribution in [-0.4, -0.2) is 24.5 Å². The first-order valence-electron chi connectivity index (χ1n) is 7.38. The summed E-state index contributed by atoms with van der Waals surface area (Å²) in [5.41, 5.74) is 9.28. The summed E-state index contributed by atoms with van der Waals surface area (Å²) in [7, 11) is 0. The molecule has 0 spiro atoms. The molecule has 3 aromatic heterocycles. The fourth-order valence-electron chi connectivity index (χ4n) is 2.49. The van der Waals surface area contributed by atoms with E-state index in [1.54, 1.807) is 23.2 Å². The molecule has 0 fully saturated rings. The second-order valence-corrected chi connectivity index (χ2v) is 5.51. The maximum Gasteiger partial charge on any atom is 0.181 e. The van der Waals surface area contributed by atoms with E-state index in [1.807, 2.05) is 25.1 Å². The van der Waals surface area contributed by atoms with Crippen LogP contribution >= 0.6 is 0 Å². The minimum atomic E-state index is -0.0671. The molecule has 7 heteroatoms. The number of hydrogen-bond acceptors (Lipinski definition) is 5. The molecule has 1 aromatic carbocycles. The van der Waals surface area contributed by atoms with Gasteiger partial charge in [-0.2, -0.15) is 0 Å². The second kappa shape index (κ2) is 5.31. The number of nitrogens with two attached hydrogens (primary N) is 1. The molecule has 0 saturated heterocycles. The van der Waals surface area contributed by atoms with Crippen molar-refractivity contribution in [1.29, 1.82) is 0 Å². The lowest BCUT2D eigenvalue weighted by atomic mass is 10.2. The number of nitrogens with zero attached hydrogens (tertiary/aromatic N) is 4. The molecule has 0 bridgehead atoms.